The second-order valence-corrected chi connectivity index (χ2v) is 7.41. The largest absolute Gasteiger partial charge is 0.493 e. The van der Waals surface area contributed by atoms with Crippen LogP contribution in [0.1, 0.15) is 37.7 Å². The summed E-state index contributed by atoms with van der Waals surface area (Å²) in [6.07, 6.45) is 7.21. The summed E-state index contributed by atoms with van der Waals surface area (Å²) in [6.45, 7) is 2.46. The van der Waals surface area contributed by atoms with Gasteiger partial charge in [-0.2, -0.15) is 0 Å². The summed E-state index contributed by atoms with van der Waals surface area (Å²) in [7, 11) is 0. The van der Waals surface area contributed by atoms with Crippen molar-refractivity contribution in [3.63, 3.8) is 0 Å². The van der Waals surface area contributed by atoms with E-state index in [2.05, 4.69) is 10.3 Å². The Morgan fingerprint density at radius 3 is 2.59 bits per heavy atom. The number of hydrogen-bond acceptors (Lipinski definition) is 4. The average molecular weight is 396 g/mol. The highest BCUT2D eigenvalue weighted by molar-refractivity contribution is 5.76. The van der Waals surface area contributed by atoms with Gasteiger partial charge < -0.3 is 15.0 Å². The highest BCUT2D eigenvalue weighted by Gasteiger charge is 2.23. The van der Waals surface area contributed by atoms with Crippen molar-refractivity contribution in [3.8, 4) is 5.75 Å². The van der Waals surface area contributed by atoms with E-state index in [9.17, 15) is 9.59 Å². The molecule has 29 heavy (non-hydrogen) atoms. The number of carbonyl (C=O) groups is 2. The molecule has 2 amide bonds. The summed E-state index contributed by atoms with van der Waals surface area (Å²) in [5, 5.41) is 2.94. The second-order valence-electron chi connectivity index (χ2n) is 7.41. The topological polar surface area (TPSA) is 71.5 Å². The van der Waals surface area contributed by atoms with Crippen LogP contribution in [0.2, 0.25) is 0 Å². The monoisotopic (exact) mass is 395 g/mol. The van der Waals surface area contributed by atoms with E-state index in [0.717, 1.165) is 43.7 Å². The van der Waals surface area contributed by atoms with Gasteiger partial charge >= 0.3 is 0 Å². The number of aromatic nitrogens is 1. The minimum Gasteiger partial charge on any atom is -0.493 e. The minimum absolute atomic E-state index is 0.0745. The number of nitrogens with zero attached hydrogens (tertiary/aromatic N) is 2. The maximum atomic E-state index is 12.4. The number of benzene rings is 1. The molecule has 0 bridgehead atoms. The first-order valence-electron chi connectivity index (χ1n) is 10.3. The molecule has 2 heterocycles. The lowest BCUT2D eigenvalue weighted by Gasteiger charge is -2.32. The van der Waals surface area contributed by atoms with Gasteiger partial charge in [-0.1, -0.05) is 24.3 Å². The molecule has 1 aliphatic rings. The number of para-hydroxylation sites is 1. The van der Waals surface area contributed by atoms with Crippen molar-refractivity contribution in [1.82, 2.24) is 15.2 Å². The Balaban J connectivity index is 1.27. The fraction of sp³-hybridized carbons (Fsp3) is 0.435. The predicted octanol–water partition coefficient (Wildman–Crippen LogP) is 3.19. The van der Waals surface area contributed by atoms with Crippen LogP contribution < -0.4 is 10.1 Å². The van der Waals surface area contributed by atoms with Crippen molar-refractivity contribution < 1.29 is 14.3 Å². The lowest BCUT2D eigenvalue weighted by atomic mass is 9.92. The van der Waals surface area contributed by atoms with E-state index in [0.29, 0.717) is 31.9 Å². The average Bonchev–Trinajstić information content (AvgIpc) is 2.78. The Morgan fingerprint density at radius 1 is 1.07 bits per heavy atom. The zero-order valence-corrected chi connectivity index (χ0v) is 16.8. The predicted molar refractivity (Wildman–Crippen MR) is 111 cm³/mol. The van der Waals surface area contributed by atoms with Gasteiger partial charge in [-0.15, -0.1) is 0 Å². The first-order chi connectivity index (χ1) is 14.2. The van der Waals surface area contributed by atoms with Gasteiger partial charge in [-0.25, -0.2) is 0 Å². The molecule has 2 aromatic rings. The first-order valence-corrected chi connectivity index (χ1v) is 10.3. The number of pyridine rings is 1. The minimum atomic E-state index is 0.0745. The smallest absolute Gasteiger partial charge is 0.225 e. The van der Waals surface area contributed by atoms with E-state index in [1.54, 1.807) is 12.4 Å². The van der Waals surface area contributed by atoms with Crippen LogP contribution in [-0.2, 0) is 16.1 Å². The maximum Gasteiger partial charge on any atom is 0.225 e. The van der Waals surface area contributed by atoms with Gasteiger partial charge in [0.25, 0.3) is 0 Å². The Bertz CT molecular complexity index is 759. The van der Waals surface area contributed by atoms with Gasteiger partial charge in [0.2, 0.25) is 11.8 Å². The summed E-state index contributed by atoms with van der Waals surface area (Å²) in [5.74, 6) is 1.52. The fourth-order valence-corrected chi connectivity index (χ4v) is 3.53. The molecule has 1 saturated heterocycles. The Labute approximate surface area is 172 Å². The summed E-state index contributed by atoms with van der Waals surface area (Å²) >= 11 is 0. The van der Waals surface area contributed by atoms with Crippen molar-refractivity contribution in [1.29, 1.82) is 0 Å². The van der Waals surface area contributed by atoms with Gasteiger partial charge in [-0.3, -0.25) is 14.6 Å². The maximum absolute atomic E-state index is 12.4. The number of hydrogen-bond donors (Lipinski definition) is 1. The molecule has 0 unspecified atom stereocenters. The number of piperidine rings is 1. The third kappa shape index (κ3) is 7.22. The van der Waals surface area contributed by atoms with Gasteiger partial charge in [0, 0.05) is 38.4 Å². The normalized spacial score (nSPS) is 14.4. The molecule has 6 heteroatoms. The molecule has 0 radical (unpaired) electrons. The van der Waals surface area contributed by atoms with Crippen LogP contribution in [0.25, 0.3) is 0 Å². The van der Waals surface area contributed by atoms with Crippen molar-refractivity contribution in [2.45, 2.75) is 38.6 Å². The number of rotatable bonds is 9. The number of carbonyl (C=O) groups excluding carboxylic acids is 2. The van der Waals surface area contributed by atoms with Crippen LogP contribution in [0.5, 0.6) is 5.75 Å². The van der Waals surface area contributed by atoms with Gasteiger partial charge in [0.15, 0.2) is 0 Å². The molecule has 1 aromatic carbocycles. The van der Waals surface area contributed by atoms with Crippen molar-refractivity contribution in [2.24, 2.45) is 5.92 Å². The van der Waals surface area contributed by atoms with E-state index in [1.165, 1.54) is 0 Å². The van der Waals surface area contributed by atoms with Gasteiger partial charge in [0.05, 0.1) is 13.0 Å². The zero-order chi connectivity index (χ0) is 20.3. The van der Waals surface area contributed by atoms with Crippen LogP contribution >= 0.6 is 0 Å². The highest BCUT2D eigenvalue weighted by atomic mass is 16.5. The lowest BCUT2D eigenvalue weighted by Crippen LogP contribution is -2.39. The third-order valence-electron chi connectivity index (χ3n) is 5.29. The molecule has 1 fully saturated rings. The second kappa shape index (κ2) is 11.2. The number of amides is 2. The molecule has 3 rings (SSSR count). The van der Waals surface area contributed by atoms with Crippen LogP contribution in [0, 0.1) is 5.92 Å². The molecule has 1 N–H and O–H groups in total. The zero-order valence-electron chi connectivity index (χ0n) is 16.8. The SMILES string of the molecule is O=C(CCC1CCN(C(=O)CCOc2ccccc2)CC1)NCc1cccnc1. The van der Waals surface area contributed by atoms with E-state index in [-0.39, 0.29) is 11.8 Å². The molecule has 0 aliphatic carbocycles. The number of likely N-dealkylation sites (tertiary alicyclic amines) is 1. The molecular weight excluding hydrogens is 366 g/mol. The lowest BCUT2D eigenvalue weighted by molar-refractivity contribution is -0.133. The molecule has 154 valence electrons. The molecule has 1 aliphatic heterocycles. The quantitative estimate of drug-likeness (QED) is 0.708. The number of nitrogens with one attached hydrogen (secondary N) is 1. The fourth-order valence-electron chi connectivity index (χ4n) is 3.53. The van der Waals surface area contributed by atoms with E-state index in [4.69, 9.17) is 4.74 Å². The molecule has 6 nitrogen and oxygen atoms in total. The summed E-state index contributed by atoms with van der Waals surface area (Å²) in [5.41, 5.74) is 1.00. The van der Waals surface area contributed by atoms with E-state index < -0.39 is 0 Å². The molecule has 0 spiro atoms. The first kappa shape index (κ1) is 20.8. The van der Waals surface area contributed by atoms with Crippen LogP contribution in [0.4, 0.5) is 0 Å². The molecule has 0 saturated carbocycles. The van der Waals surface area contributed by atoms with Crippen LogP contribution in [0.3, 0.4) is 0 Å². The highest BCUT2D eigenvalue weighted by Crippen LogP contribution is 2.22. The summed E-state index contributed by atoms with van der Waals surface area (Å²) < 4.78 is 5.61. The standard InChI is InChI=1S/C23H29N3O3/c27-22(25-18-20-5-4-13-24-17-20)9-8-19-10-14-26(15-11-19)23(28)12-16-29-21-6-2-1-3-7-21/h1-7,13,17,19H,8-12,14-16,18H2,(H,25,27). The Kier molecular flexibility index (Phi) is 8.04. The number of ether oxygens (including phenoxy) is 1. The van der Waals surface area contributed by atoms with Gasteiger partial charge in [-0.05, 0) is 48.9 Å². The third-order valence-corrected chi connectivity index (χ3v) is 5.29. The Hall–Kier alpha value is -2.89. The molecule has 0 atom stereocenters. The summed E-state index contributed by atoms with van der Waals surface area (Å²) in [4.78, 5) is 30.4. The van der Waals surface area contributed by atoms with Crippen molar-refractivity contribution in [2.75, 3.05) is 19.7 Å². The van der Waals surface area contributed by atoms with E-state index in [1.807, 2.05) is 47.4 Å². The van der Waals surface area contributed by atoms with Crippen molar-refractivity contribution >= 4 is 11.8 Å². The summed E-state index contributed by atoms with van der Waals surface area (Å²) in [6, 6.07) is 13.4. The van der Waals surface area contributed by atoms with Crippen LogP contribution in [0.15, 0.2) is 54.9 Å². The molecule has 1 aromatic heterocycles. The van der Waals surface area contributed by atoms with Crippen LogP contribution in [-0.4, -0.2) is 41.4 Å². The Morgan fingerprint density at radius 2 is 1.86 bits per heavy atom. The van der Waals surface area contributed by atoms with Crippen molar-refractivity contribution in [3.05, 3.63) is 60.4 Å². The van der Waals surface area contributed by atoms with E-state index >= 15 is 0 Å². The molecular formula is C23H29N3O3. The van der Waals surface area contributed by atoms with Gasteiger partial charge in [0.1, 0.15) is 5.75 Å².